The summed E-state index contributed by atoms with van der Waals surface area (Å²) >= 11 is 0. The molecule has 2 aromatic rings. The van der Waals surface area contributed by atoms with Crippen molar-refractivity contribution in [2.24, 2.45) is 5.92 Å². The van der Waals surface area contributed by atoms with Crippen molar-refractivity contribution in [1.82, 2.24) is 0 Å². The van der Waals surface area contributed by atoms with Gasteiger partial charge in [-0.15, -0.1) is 26.3 Å². The normalized spacial score (nSPS) is 19.6. The Morgan fingerprint density at radius 3 is 2.11 bits per heavy atom. The fourth-order valence-electron chi connectivity index (χ4n) is 4.23. The maximum atomic E-state index is 13.1. The number of nitrogens with zero attached hydrogens (tertiary/aromatic N) is 1. The molecule has 0 saturated heterocycles. The summed E-state index contributed by atoms with van der Waals surface area (Å²) in [7, 11) is 0. The van der Waals surface area contributed by atoms with Gasteiger partial charge in [0.2, 0.25) is 0 Å². The molecule has 5 nitrogen and oxygen atoms in total. The van der Waals surface area contributed by atoms with E-state index in [4.69, 9.17) is 4.74 Å². The van der Waals surface area contributed by atoms with Gasteiger partial charge in [0.1, 0.15) is 17.2 Å². The molecule has 1 saturated carbocycles. The van der Waals surface area contributed by atoms with Gasteiger partial charge < -0.3 is 19.5 Å². The van der Waals surface area contributed by atoms with Gasteiger partial charge in [-0.2, -0.15) is 13.2 Å². The van der Waals surface area contributed by atoms with Gasteiger partial charge in [-0.1, -0.05) is 18.6 Å². The lowest BCUT2D eigenvalue weighted by Crippen LogP contribution is -2.44. The molecular weight excluding hydrogens is 537 g/mol. The molecule has 3 unspecified atom stereocenters. The lowest BCUT2D eigenvalue weighted by Gasteiger charge is -2.35. The Hall–Kier alpha value is -2.87. The molecule has 212 valence electrons. The smallest absolute Gasteiger partial charge is 0.457 e. The molecule has 38 heavy (non-hydrogen) atoms. The molecule has 1 fully saturated rings. The third-order valence-electron chi connectivity index (χ3n) is 5.74. The van der Waals surface area contributed by atoms with E-state index in [-0.39, 0.29) is 36.6 Å². The van der Waals surface area contributed by atoms with Crippen molar-refractivity contribution < 1.29 is 58.8 Å². The van der Waals surface area contributed by atoms with Gasteiger partial charge in [0.15, 0.2) is 6.10 Å². The summed E-state index contributed by atoms with van der Waals surface area (Å²) in [6.07, 6.45) is -17.7. The predicted octanol–water partition coefficient (Wildman–Crippen LogP) is 7.20. The summed E-state index contributed by atoms with van der Waals surface area (Å²) in [6.45, 7) is -1.01. The van der Waals surface area contributed by atoms with Gasteiger partial charge in [-0.3, -0.25) is 4.74 Å². The molecule has 0 heterocycles. The number of hydrogen-bond acceptors (Lipinski definition) is 5. The molecule has 0 aliphatic heterocycles. The van der Waals surface area contributed by atoms with Gasteiger partial charge in [-0.25, -0.2) is 0 Å². The van der Waals surface area contributed by atoms with Crippen LogP contribution >= 0.6 is 0 Å². The molecule has 0 radical (unpaired) electrons. The van der Waals surface area contributed by atoms with E-state index in [2.05, 4.69) is 9.47 Å². The zero-order valence-electron chi connectivity index (χ0n) is 19.6. The number of halogens is 9. The molecule has 1 N–H and O–H groups in total. The molecule has 0 bridgehead atoms. The van der Waals surface area contributed by atoms with E-state index < -0.39 is 49.3 Å². The van der Waals surface area contributed by atoms with Crippen LogP contribution in [0.15, 0.2) is 48.5 Å². The van der Waals surface area contributed by atoms with Crippen LogP contribution in [0.1, 0.15) is 25.7 Å². The minimum atomic E-state index is -4.94. The highest BCUT2D eigenvalue weighted by Crippen LogP contribution is 2.35. The number of hydrogen-bond donors (Lipinski definition) is 1. The number of aliphatic hydroxyl groups is 1. The maximum absolute atomic E-state index is 13.1. The van der Waals surface area contributed by atoms with Crippen LogP contribution in [0.3, 0.4) is 0 Å². The highest BCUT2D eigenvalue weighted by Gasteiger charge is 2.40. The third kappa shape index (κ3) is 9.78. The zero-order valence-corrected chi connectivity index (χ0v) is 19.6. The average molecular weight is 561 g/mol. The largest absolute Gasteiger partial charge is 0.573 e. The van der Waals surface area contributed by atoms with Crippen molar-refractivity contribution in [1.29, 1.82) is 0 Å². The summed E-state index contributed by atoms with van der Waals surface area (Å²) in [5.74, 6) is -1.00. The summed E-state index contributed by atoms with van der Waals surface area (Å²) in [5.41, 5.74) is 0.160. The monoisotopic (exact) mass is 561 g/mol. The Morgan fingerprint density at radius 2 is 1.47 bits per heavy atom. The van der Waals surface area contributed by atoms with Crippen molar-refractivity contribution in [3.05, 3.63) is 48.5 Å². The first-order valence-corrected chi connectivity index (χ1v) is 11.5. The Bertz CT molecular complexity index is 1040. The van der Waals surface area contributed by atoms with Gasteiger partial charge >= 0.3 is 18.9 Å². The molecular formula is C24H24F9NO4. The van der Waals surface area contributed by atoms with Crippen LogP contribution in [0.4, 0.5) is 45.2 Å². The second-order valence-electron chi connectivity index (χ2n) is 8.80. The van der Waals surface area contributed by atoms with Gasteiger partial charge in [0.05, 0.1) is 12.6 Å². The molecule has 0 amide bonds. The van der Waals surface area contributed by atoms with Crippen LogP contribution < -0.4 is 14.4 Å². The summed E-state index contributed by atoms with van der Waals surface area (Å²) < 4.78 is 128. The first-order valence-electron chi connectivity index (χ1n) is 11.5. The van der Waals surface area contributed by atoms with E-state index >= 15 is 0 Å². The second-order valence-corrected chi connectivity index (χ2v) is 8.80. The van der Waals surface area contributed by atoms with Crippen LogP contribution in [0.2, 0.25) is 0 Å². The fraction of sp³-hybridized carbons (Fsp3) is 0.500. The highest BCUT2D eigenvalue weighted by atomic mass is 19.4. The lowest BCUT2D eigenvalue weighted by atomic mass is 9.86. The van der Waals surface area contributed by atoms with Gasteiger partial charge in [0, 0.05) is 24.4 Å². The SMILES string of the molecule is OC(CN(CC1CCCC(OC(F)(F)F)C1)c1cccc(Oc2cccc(OC(F)(F)F)c2)c1)C(F)(F)F. The van der Waals surface area contributed by atoms with Crippen molar-refractivity contribution in [3.8, 4) is 17.2 Å². The van der Waals surface area contributed by atoms with E-state index in [1.165, 1.54) is 41.3 Å². The minimum Gasteiger partial charge on any atom is -0.457 e. The molecule has 0 aromatic heterocycles. The number of ether oxygens (including phenoxy) is 3. The molecule has 3 rings (SSSR count). The Morgan fingerprint density at radius 1 is 0.842 bits per heavy atom. The number of benzene rings is 2. The van der Waals surface area contributed by atoms with Gasteiger partial charge in [0.25, 0.3) is 0 Å². The minimum absolute atomic E-state index is 0.0414. The van der Waals surface area contributed by atoms with E-state index in [0.717, 1.165) is 12.1 Å². The number of anilines is 1. The van der Waals surface area contributed by atoms with Crippen molar-refractivity contribution >= 4 is 5.69 Å². The lowest BCUT2D eigenvalue weighted by molar-refractivity contribution is -0.346. The number of alkyl halides is 9. The standard InChI is InChI=1S/C24H24F9NO4/c25-22(26,27)21(35)14-34(13-15-4-1-8-19(10-15)37-23(28,29)30)16-5-2-6-17(11-16)36-18-7-3-9-20(12-18)38-24(31,32)33/h2-3,5-7,9,11-12,15,19,21,35H,1,4,8,10,13-14H2. The first-order chi connectivity index (χ1) is 17.6. The molecule has 3 atom stereocenters. The summed E-state index contributed by atoms with van der Waals surface area (Å²) in [5, 5.41) is 9.70. The fourth-order valence-corrected chi connectivity index (χ4v) is 4.23. The quantitative estimate of drug-likeness (QED) is 0.328. The zero-order chi connectivity index (χ0) is 28.1. The van der Waals surface area contributed by atoms with E-state index in [0.29, 0.717) is 12.8 Å². The van der Waals surface area contributed by atoms with E-state index in [9.17, 15) is 44.6 Å². The van der Waals surface area contributed by atoms with Crippen LogP contribution in [0.5, 0.6) is 17.2 Å². The van der Waals surface area contributed by atoms with Crippen molar-refractivity contribution in [3.63, 3.8) is 0 Å². The van der Waals surface area contributed by atoms with Crippen LogP contribution in [-0.2, 0) is 4.74 Å². The summed E-state index contributed by atoms with van der Waals surface area (Å²) in [4.78, 5) is 1.19. The molecule has 14 heteroatoms. The molecule has 2 aromatic carbocycles. The van der Waals surface area contributed by atoms with Crippen molar-refractivity contribution in [2.75, 3.05) is 18.0 Å². The number of aliphatic hydroxyl groups excluding tert-OH is 1. The topological polar surface area (TPSA) is 51.2 Å². The Kier molecular flexibility index (Phi) is 9.29. The highest BCUT2D eigenvalue weighted by molar-refractivity contribution is 5.52. The third-order valence-corrected chi connectivity index (χ3v) is 5.74. The molecule has 1 aliphatic carbocycles. The molecule has 1 aliphatic rings. The maximum Gasteiger partial charge on any atom is 0.573 e. The van der Waals surface area contributed by atoms with Crippen molar-refractivity contribution in [2.45, 2.75) is 56.8 Å². The Balaban J connectivity index is 1.79. The van der Waals surface area contributed by atoms with Gasteiger partial charge in [-0.05, 0) is 49.4 Å². The van der Waals surface area contributed by atoms with Crippen LogP contribution in [-0.4, -0.2) is 49.3 Å². The predicted molar refractivity (Wildman–Crippen MR) is 117 cm³/mol. The molecule has 0 spiro atoms. The average Bonchev–Trinajstić information content (AvgIpc) is 2.76. The summed E-state index contributed by atoms with van der Waals surface area (Å²) in [6, 6.07) is 10.2. The first kappa shape index (κ1) is 29.7. The Labute approximate surface area is 211 Å². The number of rotatable bonds is 9. The van der Waals surface area contributed by atoms with Crippen LogP contribution in [0.25, 0.3) is 0 Å². The van der Waals surface area contributed by atoms with Crippen LogP contribution in [0, 0.1) is 5.92 Å². The second kappa shape index (κ2) is 11.9. The van der Waals surface area contributed by atoms with E-state index in [1.807, 2.05) is 0 Å². The van der Waals surface area contributed by atoms with E-state index in [1.54, 1.807) is 0 Å².